The quantitative estimate of drug-likeness (QED) is 0.913. The van der Waals surface area contributed by atoms with Crippen LogP contribution >= 0.6 is 11.6 Å². The highest BCUT2D eigenvalue weighted by molar-refractivity contribution is 6.32. The normalized spacial score (nSPS) is 15.3. The van der Waals surface area contributed by atoms with Gasteiger partial charge in [-0.15, -0.1) is 0 Å². The minimum Gasteiger partial charge on any atom is -0.486 e. The topological polar surface area (TPSA) is 56.5 Å². The molecule has 1 atom stereocenters. The molecule has 1 aromatic carbocycles. The van der Waals surface area contributed by atoms with E-state index in [0.717, 1.165) is 0 Å². The second-order valence-electron chi connectivity index (χ2n) is 4.34. The molecule has 0 spiro atoms. The maximum absolute atomic E-state index is 10.3. The van der Waals surface area contributed by atoms with E-state index in [0.29, 0.717) is 41.0 Å². The molecule has 0 fully saturated rings. The summed E-state index contributed by atoms with van der Waals surface area (Å²) in [5.74, 6) is 1.09. The summed E-state index contributed by atoms with van der Waals surface area (Å²) in [7, 11) is 1.80. The molecular weight excluding hydrogens is 268 g/mol. The molecule has 19 heavy (non-hydrogen) atoms. The Morgan fingerprint density at radius 2 is 2.16 bits per heavy atom. The summed E-state index contributed by atoms with van der Waals surface area (Å²) in [5.41, 5.74) is 1.20. The number of ether oxygens (including phenoxy) is 2. The van der Waals surface area contributed by atoms with Crippen LogP contribution in [0.1, 0.15) is 17.4 Å². The molecule has 5 nitrogen and oxygen atoms in total. The summed E-state index contributed by atoms with van der Waals surface area (Å²) in [6.45, 7) is 0.960. The number of hydrogen-bond acceptors (Lipinski definition) is 4. The highest BCUT2D eigenvalue weighted by Gasteiger charge is 2.21. The molecule has 1 unspecified atom stereocenters. The zero-order chi connectivity index (χ0) is 13.4. The Morgan fingerprint density at radius 3 is 2.89 bits per heavy atom. The van der Waals surface area contributed by atoms with Crippen LogP contribution in [0.5, 0.6) is 11.5 Å². The minimum absolute atomic E-state index is 0.433. The fourth-order valence-corrected chi connectivity index (χ4v) is 2.31. The lowest BCUT2D eigenvalue weighted by Crippen LogP contribution is -2.16. The molecule has 0 radical (unpaired) electrons. The van der Waals surface area contributed by atoms with Crippen molar-refractivity contribution in [1.29, 1.82) is 0 Å². The van der Waals surface area contributed by atoms with Gasteiger partial charge >= 0.3 is 0 Å². The van der Waals surface area contributed by atoms with Crippen molar-refractivity contribution in [2.45, 2.75) is 6.10 Å². The molecule has 0 aliphatic carbocycles. The predicted molar refractivity (Wildman–Crippen MR) is 69.7 cm³/mol. The number of rotatable bonds is 2. The van der Waals surface area contributed by atoms with Gasteiger partial charge in [0.05, 0.1) is 10.7 Å². The van der Waals surface area contributed by atoms with Gasteiger partial charge in [-0.05, 0) is 23.8 Å². The van der Waals surface area contributed by atoms with Gasteiger partial charge in [0, 0.05) is 13.2 Å². The van der Waals surface area contributed by atoms with Gasteiger partial charge in [-0.2, -0.15) is 5.10 Å². The van der Waals surface area contributed by atoms with Gasteiger partial charge in [0.1, 0.15) is 19.3 Å². The van der Waals surface area contributed by atoms with Crippen LogP contribution in [0.25, 0.3) is 0 Å². The van der Waals surface area contributed by atoms with Crippen LogP contribution in [0.3, 0.4) is 0 Å². The van der Waals surface area contributed by atoms with Crippen LogP contribution in [0.4, 0.5) is 0 Å². The molecule has 1 aliphatic rings. The molecule has 0 bridgehead atoms. The zero-order valence-electron chi connectivity index (χ0n) is 10.3. The Kier molecular flexibility index (Phi) is 3.08. The van der Waals surface area contributed by atoms with E-state index in [-0.39, 0.29) is 0 Å². The SMILES string of the molecule is Cn1ccc(C(O)c2cc(Cl)c3c(c2)OCCO3)n1. The third-order valence-corrected chi connectivity index (χ3v) is 3.23. The van der Waals surface area contributed by atoms with Crippen LogP contribution in [0.2, 0.25) is 5.02 Å². The average molecular weight is 281 g/mol. The van der Waals surface area contributed by atoms with Crippen LogP contribution in [0, 0.1) is 0 Å². The smallest absolute Gasteiger partial charge is 0.179 e. The Balaban J connectivity index is 1.99. The molecule has 3 rings (SSSR count). The molecule has 1 aromatic heterocycles. The van der Waals surface area contributed by atoms with E-state index >= 15 is 0 Å². The number of aryl methyl sites for hydroxylation is 1. The van der Waals surface area contributed by atoms with Crippen LogP contribution in [-0.2, 0) is 7.05 Å². The number of nitrogens with zero attached hydrogens (tertiary/aromatic N) is 2. The monoisotopic (exact) mass is 280 g/mol. The molecule has 1 aliphatic heterocycles. The second-order valence-corrected chi connectivity index (χ2v) is 4.75. The number of hydrogen-bond donors (Lipinski definition) is 1. The van der Waals surface area contributed by atoms with E-state index in [9.17, 15) is 5.11 Å². The van der Waals surface area contributed by atoms with Gasteiger partial charge in [0.25, 0.3) is 0 Å². The van der Waals surface area contributed by atoms with Crippen LogP contribution in [-0.4, -0.2) is 28.1 Å². The van der Waals surface area contributed by atoms with Gasteiger partial charge in [0.2, 0.25) is 0 Å². The lowest BCUT2D eigenvalue weighted by molar-refractivity contribution is 0.169. The maximum atomic E-state index is 10.3. The highest BCUT2D eigenvalue weighted by atomic mass is 35.5. The first-order valence-corrected chi connectivity index (χ1v) is 6.29. The van der Waals surface area contributed by atoms with Crippen molar-refractivity contribution in [3.8, 4) is 11.5 Å². The molecule has 2 aromatic rings. The number of aliphatic hydroxyl groups is 1. The van der Waals surface area contributed by atoms with E-state index in [4.69, 9.17) is 21.1 Å². The van der Waals surface area contributed by atoms with E-state index in [1.165, 1.54) is 0 Å². The Morgan fingerprint density at radius 1 is 1.37 bits per heavy atom. The molecule has 1 N–H and O–H groups in total. The number of aliphatic hydroxyl groups excluding tert-OH is 1. The lowest BCUT2D eigenvalue weighted by Gasteiger charge is -2.21. The van der Waals surface area contributed by atoms with Crippen molar-refractivity contribution >= 4 is 11.6 Å². The lowest BCUT2D eigenvalue weighted by atomic mass is 10.1. The van der Waals surface area contributed by atoms with Crippen molar-refractivity contribution in [3.63, 3.8) is 0 Å². The average Bonchev–Trinajstić information content (AvgIpc) is 2.84. The predicted octanol–water partition coefficient (Wildman–Crippen LogP) is 1.93. The molecule has 0 amide bonds. The summed E-state index contributed by atoms with van der Waals surface area (Å²) in [6.07, 6.45) is 0.938. The Bertz CT molecular complexity index is 612. The van der Waals surface area contributed by atoms with Crippen molar-refractivity contribution in [2.24, 2.45) is 7.05 Å². The van der Waals surface area contributed by atoms with Crippen molar-refractivity contribution < 1.29 is 14.6 Å². The third-order valence-electron chi connectivity index (χ3n) is 2.95. The fraction of sp³-hybridized carbons (Fsp3) is 0.308. The highest BCUT2D eigenvalue weighted by Crippen LogP contribution is 2.40. The number of aromatic nitrogens is 2. The minimum atomic E-state index is -0.838. The van der Waals surface area contributed by atoms with Crippen molar-refractivity contribution in [2.75, 3.05) is 13.2 Å². The van der Waals surface area contributed by atoms with Crippen molar-refractivity contribution in [3.05, 3.63) is 40.7 Å². The third kappa shape index (κ3) is 2.27. The molecular formula is C13H13ClN2O3. The van der Waals surface area contributed by atoms with Crippen LogP contribution in [0.15, 0.2) is 24.4 Å². The van der Waals surface area contributed by atoms with Gasteiger partial charge in [-0.25, -0.2) is 0 Å². The first-order chi connectivity index (χ1) is 9.15. The number of benzene rings is 1. The van der Waals surface area contributed by atoms with E-state index in [2.05, 4.69) is 5.10 Å². The zero-order valence-corrected chi connectivity index (χ0v) is 11.1. The standard InChI is InChI=1S/C13H13ClN2O3/c1-16-3-2-10(15-16)12(17)8-6-9(14)13-11(7-8)18-4-5-19-13/h2-3,6-7,12,17H,4-5H2,1H3. The summed E-state index contributed by atoms with van der Waals surface area (Å²) >= 11 is 6.14. The second kappa shape index (κ2) is 4.75. The summed E-state index contributed by atoms with van der Waals surface area (Å²) < 4.78 is 12.6. The van der Waals surface area contributed by atoms with Gasteiger partial charge in [0.15, 0.2) is 11.5 Å². The van der Waals surface area contributed by atoms with Gasteiger partial charge < -0.3 is 14.6 Å². The maximum Gasteiger partial charge on any atom is 0.179 e. The summed E-state index contributed by atoms with van der Waals surface area (Å²) in [6, 6.07) is 5.17. The summed E-state index contributed by atoms with van der Waals surface area (Å²) in [5, 5.41) is 14.9. The Labute approximate surface area is 115 Å². The van der Waals surface area contributed by atoms with Gasteiger partial charge in [-0.1, -0.05) is 11.6 Å². The van der Waals surface area contributed by atoms with Crippen LogP contribution < -0.4 is 9.47 Å². The van der Waals surface area contributed by atoms with E-state index in [1.54, 1.807) is 36.1 Å². The van der Waals surface area contributed by atoms with Crippen molar-refractivity contribution in [1.82, 2.24) is 9.78 Å². The molecule has 6 heteroatoms. The van der Waals surface area contributed by atoms with Gasteiger partial charge in [-0.3, -0.25) is 4.68 Å². The number of fused-ring (bicyclic) bond motifs is 1. The first kappa shape index (κ1) is 12.3. The number of halogens is 1. The first-order valence-electron chi connectivity index (χ1n) is 5.92. The fourth-order valence-electron chi connectivity index (χ4n) is 2.04. The molecule has 100 valence electrons. The largest absolute Gasteiger partial charge is 0.486 e. The molecule has 0 saturated carbocycles. The summed E-state index contributed by atoms with van der Waals surface area (Å²) in [4.78, 5) is 0. The van der Waals surface area contributed by atoms with E-state index < -0.39 is 6.10 Å². The molecule has 2 heterocycles. The van der Waals surface area contributed by atoms with E-state index in [1.807, 2.05) is 0 Å². The Hall–Kier alpha value is -1.72. The molecule has 0 saturated heterocycles.